The second kappa shape index (κ2) is 4.44. The summed E-state index contributed by atoms with van der Waals surface area (Å²) in [4.78, 5) is 10.5. The van der Waals surface area contributed by atoms with Crippen LogP contribution in [-0.4, -0.2) is 28.4 Å². The smallest absolute Gasteiger partial charge is 0.339 e. The largest absolute Gasteiger partial charge is 0.487 e. The number of carboxylic acids is 1. The highest BCUT2D eigenvalue weighted by molar-refractivity contribution is 5.76. The van der Waals surface area contributed by atoms with E-state index in [-0.39, 0.29) is 5.75 Å². The molecule has 1 aromatic carbocycles. The summed E-state index contributed by atoms with van der Waals surface area (Å²) in [5.74, 6) is -3.53. The Balaban J connectivity index is 2.72. The van der Waals surface area contributed by atoms with E-state index in [2.05, 4.69) is 0 Å². The number of carboxylic acid groups (broad SMARTS) is 1. The van der Waals surface area contributed by atoms with Crippen LogP contribution in [0.2, 0.25) is 0 Å². The van der Waals surface area contributed by atoms with Crippen LogP contribution < -0.4 is 4.74 Å². The number of hydrogen-bond acceptors (Lipinski definition) is 3. The predicted molar refractivity (Wildman–Crippen MR) is 50.1 cm³/mol. The van der Waals surface area contributed by atoms with Gasteiger partial charge in [0, 0.05) is 6.07 Å². The van der Waals surface area contributed by atoms with Gasteiger partial charge in [-0.3, -0.25) is 0 Å². The normalized spacial score (nSPS) is 14.2. The standard InChI is InChI=1S/C10H10F2O4/c1-10(15,9(13)14)5-16-8-3-2-6(11)4-7(8)12/h2-4,15H,5H2,1H3,(H,13,14). The maximum atomic E-state index is 13.0. The fourth-order valence-electron chi connectivity index (χ4n) is 0.872. The summed E-state index contributed by atoms with van der Waals surface area (Å²) >= 11 is 0. The SMILES string of the molecule is CC(O)(COc1ccc(F)cc1F)C(=O)O. The van der Waals surface area contributed by atoms with E-state index in [1.807, 2.05) is 0 Å². The minimum atomic E-state index is -2.12. The van der Waals surface area contributed by atoms with Gasteiger partial charge in [0.25, 0.3) is 0 Å². The van der Waals surface area contributed by atoms with Gasteiger partial charge >= 0.3 is 5.97 Å². The number of benzene rings is 1. The predicted octanol–water partition coefficient (Wildman–Crippen LogP) is 1.18. The van der Waals surface area contributed by atoms with Crippen LogP contribution in [0.3, 0.4) is 0 Å². The van der Waals surface area contributed by atoms with Crippen LogP contribution in [0, 0.1) is 11.6 Å². The van der Waals surface area contributed by atoms with Crippen molar-refractivity contribution in [2.24, 2.45) is 0 Å². The molecule has 0 spiro atoms. The van der Waals surface area contributed by atoms with Gasteiger partial charge in [-0.25, -0.2) is 13.6 Å². The van der Waals surface area contributed by atoms with Gasteiger partial charge in [-0.15, -0.1) is 0 Å². The van der Waals surface area contributed by atoms with E-state index in [0.717, 1.165) is 19.1 Å². The molecule has 88 valence electrons. The average Bonchev–Trinajstić information content (AvgIpc) is 2.16. The Labute approximate surface area is 90.1 Å². The van der Waals surface area contributed by atoms with Crippen LogP contribution in [0.1, 0.15) is 6.92 Å². The zero-order chi connectivity index (χ0) is 12.3. The van der Waals surface area contributed by atoms with Gasteiger partial charge in [-0.1, -0.05) is 0 Å². The number of rotatable bonds is 4. The van der Waals surface area contributed by atoms with Crippen molar-refractivity contribution in [1.29, 1.82) is 0 Å². The molecule has 0 aliphatic rings. The lowest BCUT2D eigenvalue weighted by atomic mass is 10.1. The number of aliphatic carboxylic acids is 1. The zero-order valence-corrected chi connectivity index (χ0v) is 8.41. The summed E-state index contributed by atoms with van der Waals surface area (Å²) in [6, 6.07) is 2.58. The van der Waals surface area contributed by atoms with Gasteiger partial charge in [0.05, 0.1) is 0 Å². The van der Waals surface area contributed by atoms with E-state index in [1.54, 1.807) is 0 Å². The van der Waals surface area contributed by atoms with Gasteiger partial charge in [-0.2, -0.15) is 0 Å². The van der Waals surface area contributed by atoms with Crippen LogP contribution in [0.15, 0.2) is 18.2 Å². The Morgan fingerprint density at radius 2 is 2.12 bits per heavy atom. The first kappa shape index (κ1) is 12.4. The van der Waals surface area contributed by atoms with Crippen molar-refractivity contribution < 1.29 is 28.5 Å². The third kappa shape index (κ3) is 2.90. The van der Waals surface area contributed by atoms with E-state index >= 15 is 0 Å². The molecule has 0 aromatic heterocycles. The number of aliphatic hydroxyl groups is 1. The minimum absolute atomic E-state index is 0.317. The van der Waals surface area contributed by atoms with E-state index in [0.29, 0.717) is 6.07 Å². The van der Waals surface area contributed by atoms with Gasteiger partial charge < -0.3 is 14.9 Å². The first-order chi connectivity index (χ1) is 7.33. The van der Waals surface area contributed by atoms with Gasteiger partial charge in [-0.05, 0) is 19.1 Å². The summed E-state index contributed by atoms with van der Waals surface area (Å²) in [5.41, 5.74) is -2.12. The molecule has 0 heterocycles. The summed E-state index contributed by atoms with van der Waals surface area (Å²) in [6.07, 6.45) is 0. The summed E-state index contributed by atoms with van der Waals surface area (Å²) in [6.45, 7) is 0.377. The molecule has 1 atom stereocenters. The van der Waals surface area contributed by atoms with Crippen molar-refractivity contribution in [2.75, 3.05) is 6.61 Å². The van der Waals surface area contributed by atoms with Crippen molar-refractivity contribution >= 4 is 5.97 Å². The Hall–Kier alpha value is -1.69. The Morgan fingerprint density at radius 1 is 1.50 bits per heavy atom. The summed E-state index contributed by atoms with van der Waals surface area (Å²) in [5, 5.41) is 17.8. The Bertz CT molecular complexity index is 404. The molecule has 16 heavy (non-hydrogen) atoms. The molecule has 0 aliphatic heterocycles. The lowest BCUT2D eigenvalue weighted by molar-refractivity contribution is -0.159. The Kier molecular flexibility index (Phi) is 3.44. The molecule has 0 saturated carbocycles. The van der Waals surface area contributed by atoms with Gasteiger partial charge in [0.15, 0.2) is 17.2 Å². The molecule has 0 fully saturated rings. The van der Waals surface area contributed by atoms with Crippen LogP contribution in [0.5, 0.6) is 5.75 Å². The van der Waals surface area contributed by atoms with E-state index in [9.17, 15) is 18.7 Å². The highest BCUT2D eigenvalue weighted by Crippen LogP contribution is 2.19. The Morgan fingerprint density at radius 3 is 2.62 bits per heavy atom. The van der Waals surface area contributed by atoms with Crippen molar-refractivity contribution in [3.05, 3.63) is 29.8 Å². The molecule has 4 nitrogen and oxygen atoms in total. The van der Waals surface area contributed by atoms with Crippen LogP contribution in [0.4, 0.5) is 8.78 Å². The first-order valence-electron chi connectivity index (χ1n) is 4.36. The molecule has 1 aromatic rings. The van der Waals surface area contributed by atoms with E-state index < -0.39 is 29.8 Å². The lowest BCUT2D eigenvalue weighted by Gasteiger charge is -2.18. The maximum absolute atomic E-state index is 13.0. The number of halogens is 2. The van der Waals surface area contributed by atoms with Crippen molar-refractivity contribution in [1.82, 2.24) is 0 Å². The topological polar surface area (TPSA) is 66.8 Å². The molecular weight excluding hydrogens is 222 g/mol. The minimum Gasteiger partial charge on any atom is -0.487 e. The van der Waals surface area contributed by atoms with Crippen LogP contribution >= 0.6 is 0 Å². The molecule has 0 radical (unpaired) electrons. The second-order valence-corrected chi connectivity index (χ2v) is 3.44. The van der Waals surface area contributed by atoms with Crippen molar-refractivity contribution in [2.45, 2.75) is 12.5 Å². The van der Waals surface area contributed by atoms with E-state index in [4.69, 9.17) is 9.84 Å². The van der Waals surface area contributed by atoms with Gasteiger partial charge in [0.1, 0.15) is 12.4 Å². The molecule has 0 amide bonds. The third-order valence-corrected chi connectivity index (χ3v) is 1.86. The monoisotopic (exact) mass is 232 g/mol. The fourth-order valence-corrected chi connectivity index (χ4v) is 0.872. The molecule has 1 rings (SSSR count). The highest BCUT2D eigenvalue weighted by atomic mass is 19.1. The summed E-state index contributed by atoms with van der Waals surface area (Å²) < 4.78 is 30.3. The molecule has 2 N–H and O–H groups in total. The van der Waals surface area contributed by atoms with Crippen LogP contribution in [0.25, 0.3) is 0 Å². The maximum Gasteiger partial charge on any atom is 0.339 e. The summed E-state index contributed by atoms with van der Waals surface area (Å²) in [7, 11) is 0. The molecular formula is C10H10F2O4. The van der Waals surface area contributed by atoms with Crippen molar-refractivity contribution in [3.8, 4) is 5.75 Å². The van der Waals surface area contributed by atoms with E-state index in [1.165, 1.54) is 0 Å². The molecule has 6 heteroatoms. The number of ether oxygens (including phenoxy) is 1. The lowest BCUT2D eigenvalue weighted by Crippen LogP contribution is -2.41. The highest BCUT2D eigenvalue weighted by Gasteiger charge is 2.31. The zero-order valence-electron chi connectivity index (χ0n) is 8.41. The quantitative estimate of drug-likeness (QED) is 0.818. The average molecular weight is 232 g/mol. The van der Waals surface area contributed by atoms with Crippen LogP contribution in [-0.2, 0) is 4.79 Å². The molecule has 0 bridgehead atoms. The second-order valence-electron chi connectivity index (χ2n) is 3.44. The third-order valence-electron chi connectivity index (χ3n) is 1.86. The molecule has 0 saturated heterocycles. The molecule has 0 aliphatic carbocycles. The van der Waals surface area contributed by atoms with Gasteiger partial charge in [0.2, 0.25) is 0 Å². The molecule has 1 unspecified atom stereocenters. The van der Waals surface area contributed by atoms with Crippen molar-refractivity contribution in [3.63, 3.8) is 0 Å². The number of carbonyl (C=O) groups is 1. The first-order valence-corrected chi connectivity index (χ1v) is 4.36. The fraction of sp³-hybridized carbons (Fsp3) is 0.300. The number of hydrogen-bond donors (Lipinski definition) is 2.